The molecule has 0 fully saturated rings. The average molecular weight is 482 g/mol. The summed E-state index contributed by atoms with van der Waals surface area (Å²) in [6, 6.07) is 13.9. The number of nitrogens with zero attached hydrogens (tertiary/aromatic N) is 1. The quantitative estimate of drug-likeness (QED) is 0.322. The summed E-state index contributed by atoms with van der Waals surface area (Å²) in [5.74, 6) is 0.833. The molecule has 0 atom stereocenters. The fourth-order valence-electron chi connectivity index (χ4n) is 2.53. The van der Waals surface area contributed by atoms with Crippen molar-refractivity contribution in [1.29, 1.82) is 0 Å². The van der Waals surface area contributed by atoms with Crippen LogP contribution >= 0.6 is 24.0 Å². The van der Waals surface area contributed by atoms with Gasteiger partial charge in [0.2, 0.25) is 0 Å². The zero-order valence-corrected chi connectivity index (χ0v) is 18.2. The molecule has 0 saturated carbocycles. The highest BCUT2D eigenvalue weighted by Crippen LogP contribution is 2.13. The van der Waals surface area contributed by atoms with Gasteiger partial charge < -0.3 is 21.1 Å². The van der Waals surface area contributed by atoms with Gasteiger partial charge in [-0.15, -0.1) is 24.0 Å². The van der Waals surface area contributed by atoms with Crippen LogP contribution in [0.5, 0.6) is 5.75 Å². The average Bonchev–Trinajstić information content (AvgIpc) is 2.62. The van der Waals surface area contributed by atoms with E-state index >= 15 is 0 Å². The third-order valence-corrected chi connectivity index (χ3v) is 3.91. The minimum atomic E-state index is -0.496. The van der Waals surface area contributed by atoms with Crippen LogP contribution in [0.1, 0.15) is 22.3 Å². The number of primary amides is 1. The van der Waals surface area contributed by atoms with Gasteiger partial charge in [-0.1, -0.05) is 35.9 Å². The Bertz CT molecular complexity index is 793. The molecule has 0 aliphatic rings. The topological polar surface area (TPSA) is 88.7 Å². The number of guanidine groups is 1. The Morgan fingerprint density at radius 1 is 1.11 bits per heavy atom. The number of rotatable bonds is 7. The Labute approximate surface area is 177 Å². The number of aryl methyl sites for hydroxylation is 2. The van der Waals surface area contributed by atoms with Gasteiger partial charge in [0.05, 0.1) is 0 Å². The van der Waals surface area contributed by atoms with Crippen LogP contribution < -0.4 is 21.1 Å². The molecular weight excluding hydrogens is 455 g/mol. The summed E-state index contributed by atoms with van der Waals surface area (Å²) >= 11 is 0. The largest absolute Gasteiger partial charge is 0.484 e. The second-order valence-electron chi connectivity index (χ2n) is 6.11. The van der Waals surface area contributed by atoms with E-state index in [9.17, 15) is 4.79 Å². The van der Waals surface area contributed by atoms with Gasteiger partial charge in [0, 0.05) is 20.1 Å². The minimum absolute atomic E-state index is 0. The molecule has 0 aliphatic heterocycles. The Kier molecular flexibility index (Phi) is 9.63. The van der Waals surface area contributed by atoms with Crippen molar-refractivity contribution in [1.82, 2.24) is 10.6 Å². The molecule has 2 aromatic rings. The van der Waals surface area contributed by atoms with Crippen molar-refractivity contribution < 1.29 is 9.53 Å². The lowest BCUT2D eigenvalue weighted by Crippen LogP contribution is -2.36. The molecule has 146 valence electrons. The summed E-state index contributed by atoms with van der Waals surface area (Å²) in [5, 5.41) is 6.59. The number of ether oxygens (including phenoxy) is 1. The number of benzene rings is 2. The molecule has 2 rings (SSSR count). The van der Waals surface area contributed by atoms with Gasteiger partial charge in [0.1, 0.15) is 5.75 Å². The van der Waals surface area contributed by atoms with E-state index in [0.717, 1.165) is 5.56 Å². The molecule has 7 heteroatoms. The molecule has 1 amide bonds. The smallest absolute Gasteiger partial charge is 0.255 e. The molecule has 0 saturated heterocycles. The molecule has 0 radical (unpaired) electrons. The van der Waals surface area contributed by atoms with Crippen LogP contribution in [0.15, 0.2) is 47.5 Å². The highest BCUT2D eigenvalue weighted by atomic mass is 127. The van der Waals surface area contributed by atoms with Crippen molar-refractivity contribution in [3.8, 4) is 5.75 Å². The van der Waals surface area contributed by atoms with E-state index < -0.39 is 5.91 Å². The summed E-state index contributed by atoms with van der Waals surface area (Å²) in [6.07, 6.45) is 0. The molecule has 0 unspecified atom stereocenters. The molecule has 0 aliphatic carbocycles. The molecule has 4 N–H and O–H groups in total. The lowest BCUT2D eigenvalue weighted by molar-refractivity contribution is -0.119. The lowest BCUT2D eigenvalue weighted by Gasteiger charge is -2.14. The van der Waals surface area contributed by atoms with Crippen LogP contribution in [-0.2, 0) is 17.9 Å². The van der Waals surface area contributed by atoms with Crippen molar-refractivity contribution in [2.24, 2.45) is 10.7 Å². The molecule has 6 nitrogen and oxygen atoms in total. The Hall–Kier alpha value is -2.29. The van der Waals surface area contributed by atoms with Crippen LogP contribution in [0.3, 0.4) is 0 Å². The molecule has 2 aromatic carbocycles. The van der Waals surface area contributed by atoms with Crippen LogP contribution in [-0.4, -0.2) is 25.5 Å². The van der Waals surface area contributed by atoms with Crippen molar-refractivity contribution in [2.45, 2.75) is 26.9 Å². The van der Waals surface area contributed by atoms with E-state index in [1.807, 2.05) is 18.2 Å². The number of halogens is 1. The summed E-state index contributed by atoms with van der Waals surface area (Å²) < 4.78 is 5.32. The van der Waals surface area contributed by atoms with Crippen LogP contribution in [0, 0.1) is 13.8 Å². The Balaban J connectivity index is 0.00000364. The number of carbonyl (C=O) groups is 1. The first kappa shape index (κ1) is 22.8. The first-order valence-electron chi connectivity index (χ1n) is 8.48. The molecule has 0 bridgehead atoms. The van der Waals surface area contributed by atoms with E-state index in [4.69, 9.17) is 10.5 Å². The van der Waals surface area contributed by atoms with Gasteiger partial charge in [-0.2, -0.15) is 0 Å². The SMILES string of the molecule is CN=C(NCc1cccc(OCC(N)=O)c1)NCc1ccc(C)cc1C.I. The maximum atomic E-state index is 10.8. The number of hydrogen-bond acceptors (Lipinski definition) is 3. The summed E-state index contributed by atoms with van der Waals surface area (Å²) in [5.41, 5.74) is 9.86. The number of nitrogens with two attached hydrogens (primary N) is 1. The predicted octanol–water partition coefficient (Wildman–Crippen LogP) is 2.65. The first-order chi connectivity index (χ1) is 12.5. The van der Waals surface area contributed by atoms with Gasteiger partial charge >= 0.3 is 0 Å². The molecular formula is C20H27IN4O2. The van der Waals surface area contributed by atoms with E-state index in [1.54, 1.807) is 13.1 Å². The number of nitrogens with one attached hydrogen (secondary N) is 2. The third kappa shape index (κ3) is 7.86. The number of aliphatic imine (C=N–C) groups is 1. The zero-order valence-electron chi connectivity index (χ0n) is 15.9. The molecule has 0 aromatic heterocycles. The summed E-state index contributed by atoms with van der Waals surface area (Å²) in [4.78, 5) is 15.1. The first-order valence-corrected chi connectivity index (χ1v) is 8.48. The monoisotopic (exact) mass is 482 g/mol. The second-order valence-corrected chi connectivity index (χ2v) is 6.11. The maximum absolute atomic E-state index is 10.8. The van der Waals surface area contributed by atoms with Gasteiger partial charge in [-0.25, -0.2) is 0 Å². The normalized spacial score (nSPS) is 10.7. The molecule has 0 heterocycles. The van der Waals surface area contributed by atoms with E-state index in [0.29, 0.717) is 24.8 Å². The van der Waals surface area contributed by atoms with E-state index in [-0.39, 0.29) is 30.6 Å². The fraction of sp³-hybridized carbons (Fsp3) is 0.300. The lowest BCUT2D eigenvalue weighted by atomic mass is 10.1. The van der Waals surface area contributed by atoms with Crippen molar-refractivity contribution in [2.75, 3.05) is 13.7 Å². The Morgan fingerprint density at radius 2 is 1.85 bits per heavy atom. The van der Waals surface area contributed by atoms with Gasteiger partial charge in [0.15, 0.2) is 12.6 Å². The minimum Gasteiger partial charge on any atom is -0.484 e. The second kappa shape index (κ2) is 11.4. The van der Waals surface area contributed by atoms with Gasteiger partial charge in [-0.3, -0.25) is 9.79 Å². The van der Waals surface area contributed by atoms with E-state index in [1.165, 1.54) is 16.7 Å². The highest BCUT2D eigenvalue weighted by molar-refractivity contribution is 14.0. The number of amides is 1. The van der Waals surface area contributed by atoms with Crippen LogP contribution in [0.4, 0.5) is 0 Å². The van der Waals surface area contributed by atoms with Crippen LogP contribution in [0.2, 0.25) is 0 Å². The molecule has 27 heavy (non-hydrogen) atoms. The summed E-state index contributed by atoms with van der Waals surface area (Å²) in [7, 11) is 1.74. The fourth-order valence-corrected chi connectivity index (χ4v) is 2.53. The standard InChI is InChI=1S/C20H26N4O2.HI/c1-14-7-8-17(15(2)9-14)12-24-20(22-3)23-11-16-5-4-6-18(10-16)26-13-19(21)25;/h4-10H,11-13H2,1-3H3,(H2,21,25)(H2,22,23,24);1H. The van der Waals surface area contributed by atoms with E-state index in [2.05, 4.69) is 47.7 Å². The highest BCUT2D eigenvalue weighted by Gasteiger charge is 2.03. The summed E-state index contributed by atoms with van der Waals surface area (Å²) in [6.45, 7) is 5.35. The van der Waals surface area contributed by atoms with Crippen molar-refractivity contribution >= 4 is 35.8 Å². The van der Waals surface area contributed by atoms with Gasteiger partial charge in [-0.05, 0) is 42.7 Å². The Morgan fingerprint density at radius 3 is 2.52 bits per heavy atom. The molecule has 0 spiro atoms. The number of carbonyl (C=O) groups excluding carboxylic acids is 1. The van der Waals surface area contributed by atoms with Crippen molar-refractivity contribution in [3.05, 3.63) is 64.7 Å². The van der Waals surface area contributed by atoms with Crippen molar-refractivity contribution in [3.63, 3.8) is 0 Å². The van der Waals surface area contributed by atoms with Gasteiger partial charge in [0.25, 0.3) is 5.91 Å². The number of hydrogen-bond donors (Lipinski definition) is 3. The predicted molar refractivity (Wildman–Crippen MR) is 120 cm³/mol. The zero-order chi connectivity index (χ0) is 18.9. The maximum Gasteiger partial charge on any atom is 0.255 e. The van der Waals surface area contributed by atoms with Crippen LogP contribution in [0.25, 0.3) is 0 Å². The third-order valence-electron chi connectivity index (χ3n) is 3.91.